The third kappa shape index (κ3) is 5.26. The Morgan fingerprint density at radius 3 is 2.53 bits per heavy atom. The van der Waals surface area contributed by atoms with Crippen LogP contribution < -0.4 is 21.3 Å². The lowest BCUT2D eigenvalue weighted by molar-refractivity contribution is -0.137. The van der Waals surface area contributed by atoms with E-state index in [-0.39, 0.29) is 34.4 Å². The van der Waals surface area contributed by atoms with Gasteiger partial charge >= 0.3 is 6.18 Å². The zero-order chi connectivity index (χ0) is 27.1. The van der Waals surface area contributed by atoms with Crippen LogP contribution in [0.15, 0.2) is 36.7 Å². The van der Waals surface area contributed by atoms with Crippen molar-refractivity contribution in [1.82, 2.24) is 25.3 Å². The molecule has 1 aliphatic heterocycles. The van der Waals surface area contributed by atoms with Crippen molar-refractivity contribution in [2.45, 2.75) is 50.2 Å². The molecule has 0 unspecified atom stereocenters. The monoisotopic (exact) mass is 526 g/mol. The number of carbonyl (C=O) groups is 1. The first-order chi connectivity index (χ1) is 18.1. The van der Waals surface area contributed by atoms with Gasteiger partial charge in [-0.05, 0) is 63.9 Å². The minimum absolute atomic E-state index is 0.0344. The van der Waals surface area contributed by atoms with Crippen LogP contribution in [0, 0.1) is 0 Å². The van der Waals surface area contributed by atoms with E-state index in [4.69, 9.17) is 5.73 Å². The summed E-state index contributed by atoms with van der Waals surface area (Å²) in [5, 5.41) is 6.09. The molecule has 0 spiro atoms. The van der Waals surface area contributed by atoms with Gasteiger partial charge in [-0.3, -0.25) is 9.78 Å². The molecule has 4 heterocycles. The Morgan fingerprint density at radius 1 is 1.13 bits per heavy atom. The Morgan fingerprint density at radius 2 is 1.87 bits per heavy atom. The fourth-order valence-corrected chi connectivity index (χ4v) is 4.59. The van der Waals surface area contributed by atoms with Crippen LogP contribution in [0.1, 0.15) is 60.3 Å². The summed E-state index contributed by atoms with van der Waals surface area (Å²) in [7, 11) is 1.94. The van der Waals surface area contributed by atoms with Crippen LogP contribution in [0.4, 0.5) is 30.5 Å². The third-order valence-electron chi connectivity index (χ3n) is 7.31. The molecule has 9 nitrogen and oxygen atoms in total. The minimum Gasteiger partial charge on any atom is -0.382 e. The van der Waals surface area contributed by atoms with Crippen LogP contribution in [0.2, 0.25) is 0 Å². The molecule has 38 heavy (non-hydrogen) atoms. The summed E-state index contributed by atoms with van der Waals surface area (Å²) in [5.74, 6) is -0.495. The first-order valence-corrected chi connectivity index (χ1v) is 12.5. The molecule has 200 valence electrons. The maximum absolute atomic E-state index is 13.8. The van der Waals surface area contributed by atoms with E-state index in [1.807, 2.05) is 13.1 Å². The first-order valence-electron chi connectivity index (χ1n) is 12.5. The second-order valence-corrected chi connectivity index (χ2v) is 10.0. The number of piperidine rings is 1. The van der Waals surface area contributed by atoms with Crippen molar-refractivity contribution < 1.29 is 18.0 Å². The molecule has 1 saturated heterocycles. The minimum atomic E-state index is -4.66. The van der Waals surface area contributed by atoms with Crippen LogP contribution in [0.25, 0.3) is 11.4 Å². The van der Waals surface area contributed by atoms with E-state index >= 15 is 0 Å². The Balaban J connectivity index is 1.44. The predicted molar refractivity (Wildman–Crippen MR) is 138 cm³/mol. The van der Waals surface area contributed by atoms with Gasteiger partial charge in [0.05, 0.1) is 17.4 Å². The molecule has 2 aliphatic rings. The van der Waals surface area contributed by atoms with Crippen LogP contribution >= 0.6 is 0 Å². The molecule has 4 N–H and O–H groups in total. The van der Waals surface area contributed by atoms with E-state index in [2.05, 4.69) is 42.4 Å². The molecule has 12 heteroatoms. The Labute approximate surface area is 218 Å². The quantitative estimate of drug-likeness (QED) is 0.436. The zero-order valence-corrected chi connectivity index (χ0v) is 21.1. The van der Waals surface area contributed by atoms with Crippen LogP contribution in [0.3, 0.4) is 0 Å². The Bertz CT molecular complexity index is 1350. The SMILES string of the molecule is CNC1(C)CCN(c2cccnc2NC(=O)c2nc(-c3nc(C4CC4)ccc3C(F)(F)F)cnc2N)CC1. The molecule has 0 bridgehead atoms. The number of hydrogen-bond donors (Lipinski definition) is 3. The number of nitrogens with two attached hydrogens (primary N) is 1. The maximum atomic E-state index is 13.8. The molecule has 1 saturated carbocycles. The molecule has 0 atom stereocenters. The number of nitrogens with one attached hydrogen (secondary N) is 2. The molecule has 1 aliphatic carbocycles. The number of aromatic nitrogens is 4. The van der Waals surface area contributed by atoms with E-state index in [1.165, 1.54) is 6.07 Å². The second-order valence-electron chi connectivity index (χ2n) is 10.0. The van der Waals surface area contributed by atoms with Crippen LogP contribution in [-0.4, -0.2) is 51.5 Å². The molecular formula is C26H29F3N8O. The van der Waals surface area contributed by atoms with Crippen molar-refractivity contribution in [2.75, 3.05) is 36.1 Å². The summed E-state index contributed by atoms with van der Waals surface area (Å²) in [6.07, 6.45) is 1.55. The van der Waals surface area contributed by atoms with Gasteiger partial charge in [0.25, 0.3) is 5.91 Å². The van der Waals surface area contributed by atoms with Gasteiger partial charge in [0.15, 0.2) is 17.3 Å². The van der Waals surface area contributed by atoms with Crippen molar-refractivity contribution in [3.05, 3.63) is 53.6 Å². The number of anilines is 3. The predicted octanol–water partition coefficient (Wildman–Crippen LogP) is 4.24. The van der Waals surface area contributed by atoms with Gasteiger partial charge in [-0.15, -0.1) is 0 Å². The highest BCUT2D eigenvalue weighted by Crippen LogP contribution is 2.42. The van der Waals surface area contributed by atoms with Crippen molar-refractivity contribution in [3.63, 3.8) is 0 Å². The smallest absolute Gasteiger partial charge is 0.382 e. The van der Waals surface area contributed by atoms with Crippen LogP contribution in [-0.2, 0) is 6.18 Å². The summed E-state index contributed by atoms with van der Waals surface area (Å²) in [6.45, 7) is 3.68. The van der Waals surface area contributed by atoms with Crippen LogP contribution in [0.5, 0.6) is 0 Å². The first kappa shape index (κ1) is 25.8. The lowest BCUT2D eigenvalue weighted by Crippen LogP contribution is -2.50. The highest BCUT2D eigenvalue weighted by Gasteiger charge is 2.37. The highest BCUT2D eigenvalue weighted by molar-refractivity contribution is 6.06. The summed E-state index contributed by atoms with van der Waals surface area (Å²) >= 11 is 0. The number of hydrogen-bond acceptors (Lipinski definition) is 8. The largest absolute Gasteiger partial charge is 0.418 e. The van der Waals surface area contributed by atoms with Gasteiger partial charge in [-0.25, -0.2) is 15.0 Å². The third-order valence-corrected chi connectivity index (χ3v) is 7.31. The average molecular weight is 527 g/mol. The van der Waals surface area contributed by atoms with Crippen molar-refractivity contribution in [2.24, 2.45) is 0 Å². The second kappa shape index (κ2) is 9.82. The molecule has 3 aromatic rings. The van der Waals surface area contributed by atoms with Gasteiger partial charge in [-0.2, -0.15) is 13.2 Å². The van der Waals surface area contributed by atoms with E-state index in [0.717, 1.165) is 56.7 Å². The number of carbonyl (C=O) groups excluding carboxylic acids is 1. The van der Waals surface area contributed by atoms with Crippen molar-refractivity contribution in [3.8, 4) is 11.4 Å². The molecule has 0 aromatic carbocycles. The maximum Gasteiger partial charge on any atom is 0.418 e. The number of halogens is 3. The number of alkyl halides is 3. The zero-order valence-electron chi connectivity index (χ0n) is 21.1. The number of nitrogen functional groups attached to an aromatic ring is 1. The summed E-state index contributed by atoms with van der Waals surface area (Å²) in [5.41, 5.74) is 5.48. The van der Waals surface area contributed by atoms with E-state index in [0.29, 0.717) is 11.5 Å². The Hall–Kier alpha value is -3.80. The molecule has 0 radical (unpaired) electrons. The molecule has 3 aromatic heterocycles. The fourth-order valence-electron chi connectivity index (χ4n) is 4.59. The Kier molecular flexibility index (Phi) is 6.68. The van der Waals surface area contributed by atoms with E-state index in [1.54, 1.807) is 12.3 Å². The van der Waals surface area contributed by atoms with Crippen molar-refractivity contribution in [1.29, 1.82) is 0 Å². The summed E-state index contributed by atoms with van der Waals surface area (Å²) in [4.78, 5) is 32.2. The highest BCUT2D eigenvalue weighted by atomic mass is 19.4. The van der Waals surface area contributed by atoms with Crippen molar-refractivity contribution >= 4 is 23.2 Å². The van der Waals surface area contributed by atoms with Gasteiger partial charge in [0.1, 0.15) is 11.4 Å². The average Bonchev–Trinajstić information content (AvgIpc) is 3.75. The molecule has 5 rings (SSSR count). The lowest BCUT2D eigenvalue weighted by Gasteiger charge is -2.40. The number of amides is 1. The normalized spacial score (nSPS) is 17.3. The summed E-state index contributed by atoms with van der Waals surface area (Å²) < 4.78 is 41.4. The number of pyridine rings is 2. The lowest BCUT2D eigenvalue weighted by atomic mass is 9.90. The van der Waals surface area contributed by atoms with Gasteiger partial charge in [-0.1, -0.05) is 0 Å². The van der Waals surface area contributed by atoms with Gasteiger partial charge in [0, 0.05) is 36.4 Å². The standard InChI is InChI=1S/C26H29F3N8O/c1-25(31-2)9-12-37(13-10-25)19-4-3-11-32-23(19)36-24(38)21-22(30)33-14-18(35-21)20-16(26(27,28)29)7-8-17(34-20)15-5-6-15/h3-4,7-8,11,14-15,31H,5-6,9-10,12-13H2,1-2H3,(H2,30,33)(H,32,36,38). The number of rotatable bonds is 6. The number of nitrogens with zero attached hydrogens (tertiary/aromatic N) is 5. The molecule has 2 fully saturated rings. The molecule has 1 amide bonds. The fraction of sp³-hybridized carbons (Fsp3) is 0.423. The van der Waals surface area contributed by atoms with Gasteiger partial charge in [0.2, 0.25) is 0 Å². The van der Waals surface area contributed by atoms with Gasteiger partial charge < -0.3 is 21.3 Å². The van der Waals surface area contributed by atoms with E-state index in [9.17, 15) is 18.0 Å². The molecular weight excluding hydrogens is 497 g/mol. The summed E-state index contributed by atoms with van der Waals surface area (Å²) in [6, 6.07) is 6.04. The topological polar surface area (TPSA) is 122 Å². The van der Waals surface area contributed by atoms with E-state index < -0.39 is 17.6 Å².